The molecule has 2 amide bonds. The minimum Gasteiger partial charge on any atom is -0.388 e. The maximum atomic E-state index is 13.6. The monoisotopic (exact) mass is 320 g/mol. The molecule has 0 spiro atoms. The van der Waals surface area contributed by atoms with Crippen molar-refractivity contribution in [1.29, 1.82) is 0 Å². The Balaban J connectivity index is 2.02. The van der Waals surface area contributed by atoms with Crippen molar-refractivity contribution in [3.63, 3.8) is 0 Å². The van der Waals surface area contributed by atoms with Crippen LogP contribution in [0.4, 0.5) is 14.5 Å². The fraction of sp³-hybridized carbons (Fsp3) is 0.125. The summed E-state index contributed by atoms with van der Waals surface area (Å²) in [5.74, 6) is -2.89. The van der Waals surface area contributed by atoms with Gasteiger partial charge in [0.1, 0.15) is 11.6 Å². The van der Waals surface area contributed by atoms with Crippen LogP contribution in [-0.2, 0) is 4.79 Å². The Morgan fingerprint density at radius 3 is 2.52 bits per heavy atom. The Morgan fingerprint density at radius 2 is 1.91 bits per heavy atom. The topological polar surface area (TPSA) is 92.4 Å². The molecule has 0 aromatic heterocycles. The number of aliphatic hydroxyl groups is 1. The van der Waals surface area contributed by atoms with Gasteiger partial charge in [-0.2, -0.15) is 0 Å². The summed E-state index contributed by atoms with van der Waals surface area (Å²) in [6.07, 6.45) is -1.52. The van der Waals surface area contributed by atoms with E-state index in [1.54, 1.807) is 0 Å². The number of carbonyl (C=O) groups is 2. The number of hydrogen-bond acceptors (Lipinski definition) is 3. The SMILES string of the molecule is NC(=O)c1ccc(NC(=O)CC(O)c2cccc(F)c2)cc1F. The van der Waals surface area contributed by atoms with Gasteiger partial charge in [-0.05, 0) is 35.9 Å². The molecule has 23 heavy (non-hydrogen) atoms. The average Bonchev–Trinajstić information content (AvgIpc) is 2.46. The lowest BCUT2D eigenvalue weighted by Crippen LogP contribution is -2.17. The molecule has 4 N–H and O–H groups in total. The summed E-state index contributed by atoms with van der Waals surface area (Å²) >= 11 is 0. The van der Waals surface area contributed by atoms with Crippen LogP contribution < -0.4 is 11.1 Å². The van der Waals surface area contributed by atoms with E-state index >= 15 is 0 Å². The Bertz CT molecular complexity index is 750. The summed E-state index contributed by atoms with van der Waals surface area (Å²) in [7, 11) is 0. The van der Waals surface area contributed by atoms with Crippen LogP contribution in [0.3, 0.4) is 0 Å². The highest BCUT2D eigenvalue weighted by molar-refractivity contribution is 5.95. The Hall–Kier alpha value is -2.80. The highest BCUT2D eigenvalue weighted by atomic mass is 19.1. The van der Waals surface area contributed by atoms with E-state index in [1.807, 2.05) is 0 Å². The fourth-order valence-electron chi connectivity index (χ4n) is 2.01. The number of hydrogen-bond donors (Lipinski definition) is 3. The van der Waals surface area contributed by atoms with Gasteiger partial charge in [-0.15, -0.1) is 0 Å². The van der Waals surface area contributed by atoms with E-state index in [2.05, 4.69) is 5.32 Å². The van der Waals surface area contributed by atoms with E-state index < -0.39 is 29.6 Å². The summed E-state index contributed by atoms with van der Waals surface area (Å²) in [4.78, 5) is 22.7. The molecule has 7 heteroatoms. The van der Waals surface area contributed by atoms with Crippen LogP contribution in [0.2, 0.25) is 0 Å². The zero-order valence-electron chi connectivity index (χ0n) is 11.9. The molecule has 120 valence electrons. The number of nitrogens with two attached hydrogens (primary N) is 1. The Morgan fingerprint density at radius 1 is 1.17 bits per heavy atom. The second-order valence-electron chi connectivity index (χ2n) is 4.88. The van der Waals surface area contributed by atoms with Crippen molar-refractivity contribution in [2.45, 2.75) is 12.5 Å². The van der Waals surface area contributed by atoms with Crippen LogP contribution in [0.25, 0.3) is 0 Å². The van der Waals surface area contributed by atoms with E-state index in [0.717, 1.165) is 18.2 Å². The molecule has 0 bridgehead atoms. The van der Waals surface area contributed by atoms with Crippen LogP contribution in [0.15, 0.2) is 42.5 Å². The first kappa shape index (κ1) is 16.6. The smallest absolute Gasteiger partial charge is 0.251 e. The minimum atomic E-state index is -1.19. The lowest BCUT2D eigenvalue weighted by Gasteiger charge is -2.12. The molecule has 0 heterocycles. The van der Waals surface area contributed by atoms with Gasteiger partial charge in [0.2, 0.25) is 5.91 Å². The molecule has 0 radical (unpaired) electrons. The number of amides is 2. The van der Waals surface area contributed by atoms with Crippen molar-refractivity contribution in [1.82, 2.24) is 0 Å². The Labute approximate surface area is 130 Å². The number of benzene rings is 2. The third-order valence-electron chi connectivity index (χ3n) is 3.13. The number of aliphatic hydroxyl groups excluding tert-OH is 1. The van der Waals surface area contributed by atoms with Crippen molar-refractivity contribution in [2.24, 2.45) is 5.73 Å². The number of halogens is 2. The highest BCUT2D eigenvalue weighted by Crippen LogP contribution is 2.19. The van der Waals surface area contributed by atoms with Gasteiger partial charge < -0.3 is 16.2 Å². The van der Waals surface area contributed by atoms with Crippen LogP contribution in [0.5, 0.6) is 0 Å². The average molecular weight is 320 g/mol. The number of rotatable bonds is 5. The second kappa shape index (κ2) is 6.97. The number of nitrogens with one attached hydrogen (secondary N) is 1. The summed E-state index contributed by atoms with van der Waals surface area (Å²) in [5.41, 5.74) is 5.06. The van der Waals surface area contributed by atoms with Gasteiger partial charge in [-0.1, -0.05) is 12.1 Å². The molecular formula is C16H14F2N2O3. The molecule has 0 aliphatic heterocycles. The zero-order chi connectivity index (χ0) is 17.0. The second-order valence-corrected chi connectivity index (χ2v) is 4.88. The maximum Gasteiger partial charge on any atom is 0.251 e. The Kier molecular flexibility index (Phi) is 5.02. The van der Waals surface area contributed by atoms with Crippen LogP contribution >= 0.6 is 0 Å². The first-order chi connectivity index (χ1) is 10.9. The first-order valence-electron chi connectivity index (χ1n) is 6.69. The number of anilines is 1. The zero-order valence-corrected chi connectivity index (χ0v) is 11.9. The number of primary amides is 1. The van der Waals surface area contributed by atoms with Gasteiger partial charge in [-0.25, -0.2) is 8.78 Å². The molecule has 2 aromatic carbocycles. The molecular weight excluding hydrogens is 306 g/mol. The molecule has 2 aromatic rings. The molecule has 0 fully saturated rings. The van der Waals surface area contributed by atoms with Gasteiger partial charge in [-0.3, -0.25) is 9.59 Å². The van der Waals surface area contributed by atoms with E-state index in [9.17, 15) is 23.5 Å². The van der Waals surface area contributed by atoms with Gasteiger partial charge in [0.25, 0.3) is 5.91 Å². The molecule has 0 aliphatic rings. The van der Waals surface area contributed by atoms with Crippen molar-refractivity contribution in [3.8, 4) is 0 Å². The van der Waals surface area contributed by atoms with Crippen molar-refractivity contribution in [3.05, 3.63) is 65.2 Å². The maximum absolute atomic E-state index is 13.6. The predicted molar refractivity (Wildman–Crippen MR) is 79.5 cm³/mol. The molecule has 1 atom stereocenters. The summed E-state index contributed by atoms with van der Waals surface area (Å²) in [6.45, 7) is 0. The van der Waals surface area contributed by atoms with Crippen LogP contribution in [0.1, 0.15) is 28.4 Å². The van der Waals surface area contributed by atoms with Crippen LogP contribution in [-0.4, -0.2) is 16.9 Å². The predicted octanol–water partition coefficient (Wildman–Crippen LogP) is 2.13. The van der Waals surface area contributed by atoms with Crippen molar-refractivity contribution < 1.29 is 23.5 Å². The summed E-state index contributed by atoms with van der Waals surface area (Å²) < 4.78 is 26.6. The van der Waals surface area contributed by atoms with Gasteiger partial charge in [0.15, 0.2) is 0 Å². The number of carbonyl (C=O) groups excluding carboxylic acids is 2. The molecule has 0 saturated carbocycles. The molecule has 1 unspecified atom stereocenters. The van der Waals surface area contributed by atoms with Gasteiger partial charge in [0.05, 0.1) is 18.1 Å². The summed E-state index contributed by atoms with van der Waals surface area (Å²) in [6, 6.07) is 8.67. The molecule has 0 saturated heterocycles. The third kappa shape index (κ3) is 4.33. The van der Waals surface area contributed by atoms with E-state index in [-0.39, 0.29) is 23.2 Å². The van der Waals surface area contributed by atoms with E-state index in [4.69, 9.17) is 5.73 Å². The largest absolute Gasteiger partial charge is 0.388 e. The standard InChI is InChI=1S/C16H14F2N2O3/c17-10-3-1-2-9(6-10)14(21)8-15(22)20-11-4-5-12(16(19)23)13(18)7-11/h1-7,14,21H,8H2,(H2,19,23)(H,20,22). The third-order valence-corrected chi connectivity index (χ3v) is 3.13. The van der Waals surface area contributed by atoms with Crippen LogP contribution in [0, 0.1) is 11.6 Å². The van der Waals surface area contributed by atoms with Crippen molar-refractivity contribution in [2.75, 3.05) is 5.32 Å². The van der Waals surface area contributed by atoms with Gasteiger partial charge in [0, 0.05) is 5.69 Å². The van der Waals surface area contributed by atoms with E-state index in [0.29, 0.717) is 0 Å². The normalized spacial score (nSPS) is 11.8. The lowest BCUT2D eigenvalue weighted by atomic mass is 10.1. The summed E-state index contributed by atoms with van der Waals surface area (Å²) in [5, 5.41) is 12.3. The highest BCUT2D eigenvalue weighted by Gasteiger charge is 2.15. The quantitative estimate of drug-likeness (QED) is 0.788. The molecule has 0 aliphatic carbocycles. The lowest BCUT2D eigenvalue weighted by molar-refractivity contribution is -0.118. The molecule has 2 rings (SSSR count). The molecule has 5 nitrogen and oxygen atoms in total. The fourth-order valence-corrected chi connectivity index (χ4v) is 2.01. The first-order valence-corrected chi connectivity index (χ1v) is 6.69. The minimum absolute atomic E-state index is 0.115. The van der Waals surface area contributed by atoms with E-state index in [1.165, 1.54) is 24.3 Å². The van der Waals surface area contributed by atoms with Crippen molar-refractivity contribution >= 4 is 17.5 Å². The van der Waals surface area contributed by atoms with Gasteiger partial charge >= 0.3 is 0 Å².